The second kappa shape index (κ2) is 6.59. The van der Waals surface area contributed by atoms with Crippen LogP contribution in [0, 0.1) is 17.8 Å². The zero-order valence-electron chi connectivity index (χ0n) is 12.7. The van der Waals surface area contributed by atoms with Crippen molar-refractivity contribution in [1.29, 1.82) is 0 Å². The maximum Gasteiger partial charge on any atom is 0.308 e. The van der Waals surface area contributed by atoms with Crippen LogP contribution >= 0.6 is 0 Å². The molecule has 1 aliphatic carbocycles. The predicted molar refractivity (Wildman–Crippen MR) is 77.3 cm³/mol. The van der Waals surface area contributed by atoms with Crippen molar-refractivity contribution in [2.45, 2.75) is 64.8 Å². The molecule has 1 aliphatic heterocycles. The molecule has 0 spiro atoms. The van der Waals surface area contributed by atoms with Crippen molar-refractivity contribution in [2.75, 3.05) is 6.54 Å². The van der Waals surface area contributed by atoms with Gasteiger partial charge in [-0.1, -0.05) is 32.6 Å². The van der Waals surface area contributed by atoms with Crippen LogP contribution in [0.15, 0.2) is 0 Å². The van der Waals surface area contributed by atoms with Crippen LogP contribution in [-0.2, 0) is 9.59 Å². The molecule has 1 amide bonds. The maximum atomic E-state index is 12.1. The highest BCUT2D eigenvalue weighted by Gasteiger charge is 2.41. The number of carbonyl (C=O) groups excluding carboxylic acids is 1. The summed E-state index contributed by atoms with van der Waals surface area (Å²) in [4.78, 5) is 25.3. The Labute approximate surface area is 121 Å². The molecule has 0 aromatic carbocycles. The van der Waals surface area contributed by atoms with Gasteiger partial charge in [-0.2, -0.15) is 0 Å². The number of hydrogen-bond acceptors (Lipinski definition) is 2. The number of carboxylic acid groups (broad SMARTS) is 1. The first-order valence-electron chi connectivity index (χ1n) is 8.03. The number of amides is 1. The Hall–Kier alpha value is -1.06. The van der Waals surface area contributed by atoms with Crippen LogP contribution in [0.4, 0.5) is 0 Å². The molecule has 2 fully saturated rings. The summed E-state index contributed by atoms with van der Waals surface area (Å²) in [6, 6.07) is -0.174. The summed E-state index contributed by atoms with van der Waals surface area (Å²) in [6.45, 7) is 4.50. The third-order valence-electron chi connectivity index (χ3n) is 5.21. The number of rotatable bonds is 5. The van der Waals surface area contributed by atoms with E-state index in [1.165, 1.54) is 32.1 Å². The zero-order valence-corrected chi connectivity index (χ0v) is 12.7. The van der Waals surface area contributed by atoms with E-state index in [0.717, 1.165) is 18.9 Å². The molecule has 20 heavy (non-hydrogen) atoms. The van der Waals surface area contributed by atoms with E-state index in [1.54, 1.807) is 0 Å². The molecule has 4 heteroatoms. The molecule has 0 aromatic heterocycles. The van der Waals surface area contributed by atoms with Crippen molar-refractivity contribution in [1.82, 2.24) is 4.90 Å². The molecule has 1 saturated heterocycles. The fourth-order valence-electron chi connectivity index (χ4n) is 4.04. The Morgan fingerprint density at radius 2 is 1.95 bits per heavy atom. The maximum absolute atomic E-state index is 12.1. The van der Waals surface area contributed by atoms with Crippen LogP contribution in [0.1, 0.15) is 58.8 Å². The summed E-state index contributed by atoms with van der Waals surface area (Å²) in [6.07, 6.45) is 7.94. The number of carboxylic acids is 1. The summed E-state index contributed by atoms with van der Waals surface area (Å²) in [5.41, 5.74) is 0. The van der Waals surface area contributed by atoms with Gasteiger partial charge >= 0.3 is 5.97 Å². The van der Waals surface area contributed by atoms with Crippen LogP contribution < -0.4 is 0 Å². The van der Waals surface area contributed by atoms with Gasteiger partial charge in [-0.15, -0.1) is 0 Å². The second-order valence-corrected chi connectivity index (χ2v) is 6.67. The third kappa shape index (κ3) is 3.33. The molecule has 114 valence electrons. The van der Waals surface area contributed by atoms with Crippen LogP contribution in [-0.4, -0.2) is 34.5 Å². The van der Waals surface area contributed by atoms with Gasteiger partial charge < -0.3 is 10.0 Å². The smallest absolute Gasteiger partial charge is 0.308 e. The van der Waals surface area contributed by atoms with Crippen molar-refractivity contribution < 1.29 is 14.7 Å². The van der Waals surface area contributed by atoms with E-state index in [0.29, 0.717) is 6.42 Å². The van der Waals surface area contributed by atoms with E-state index in [1.807, 2.05) is 18.7 Å². The Bertz CT molecular complexity index is 363. The molecule has 2 aliphatic rings. The second-order valence-electron chi connectivity index (χ2n) is 6.67. The predicted octanol–water partition coefficient (Wildman–Crippen LogP) is 2.91. The van der Waals surface area contributed by atoms with Gasteiger partial charge in [0.1, 0.15) is 0 Å². The quantitative estimate of drug-likeness (QED) is 0.843. The summed E-state index contributed by atoms with van der Waals surface area (Å²) in [7, 11) is 0. The first kappa shape index (κ1) is 15.3. The topological polar surface area (TPSA) is 57.6 Å². The molecular formula is C16H27NO3. The fraction of sp³-hybridized carbons (Fsp3) is 0.875. The number of aliphatic carboxylic acids is 1. The average Bonchev–Trinajstić information content (AvgIpc) is 2.85. The Kier molecular flexibility index (Phi) is 5.06. The van der Waals surface area contributed by atoms with Crippen molar-refractivity contribution >= 4 is 11.9 Å². The standard InChI is InChI=1S/C16H27NO3/c1-11-10-14(18)17(12(2)15(11)16(19)20)9-5-8-13-6-3-4-7-13/h11-13,15H,3-10H2,1-2H3,(H,19,20). The monoisotopic (exact) mass is 281 g/mol. The van der Waals surface area contributed by atoms with Gasteiger partial charge in [0, 0.05) is 19.0 Å². The molecule has 0 aromatic rings. The molecule has 0 bridgehead atoms. The van der Waals surface area contributed by atoms with Crippen LogP contribution in [0.3, 0.4) is 0 Å². The third-order valence-corrected chi connectivity index (χ3v) is 5.21. The van der Waals surface area contributed by atoms with E-state index < -0.39 is 11.9 Å². The van der Waals surface area contributed by atoms with Crippen molar-refractivity contribution in [3.8, 4) is 0 Å². The Balaban J connectivity index is 1.88. The van der Waals surface area contributed by atoms with Crippen LogP contribution in [0.2, 0.25) is 0 Å². The van der Waals surface area contributed by atoms with E-state index in [9.17, 15) is 14.7 Å². The van der Waals surface area contributed by atoms with E-state index in [4.69, 9.17) is 0 Å². The molecule has 3 atom stereocenters. The first-order valence-corrected chi connectivity index (χ1v) is 8.03. The van der Waals surface area contributed by atoms with Crippen molar-refractivity contribution in [3.05, 3.63) is 0 Å². The fourth-order valence-corrected chi connectivity index (χ4v) is 4.04. The minimum atomic E-state index is -0.765. The molecule has 2 rings (SSSR count). The van der Waals surface area contributed by atoms with Crippen LogP contribution in [0.25, 0.3) is 0 Å². The highest BCUT2D eigenvalue weighted by molar-refractivity contribution is 5.81. The molecule has 1 N–H and O–H groups in total. The Morgan fingerprint density at radius 3 is 2.55 bits per heavy atom. The van der Waals surface area contributed by atoms with Gasteiger partial charge in [0.05, 0.1) is 5.92 Å². The lowest BCUT2D eigenvalue weighted by Crippen LogP contribution is -2.53. The van der Waals surface area contributed by atoms with E-state index in [2.05, 4.69) is 0 Å². The SMILES string of the molecule is CC1CC(=O)N(CCCC2CCCC2)C(C)C1C(=O)O. The number of nitrogens with zero attached hydrogens (tertiary/aromatic N) is 1. The lowest BCUT2D eigenvalue weighted by atomic mass is 9.81. The van der Waals surface area contributed by atoms with Gasteiger partial charge in [-0.25, -0.2) is 0 Å². The highest BCUT2D eigenvalue weighted by Crippen LogP contribution is 2.32. The molecule has 0 radical (unpaired) electrons. The summed E-state index contributed by atoms with van der Waals surface area (Å²) < 4.78 is 0. The van der Waals surface area contributed by atoms with Gasteiger partial charge in [-0.05, 0) is 31.6 Å². The largest absolute Gasteiger partial charge is 0.481 e. The Morgan fingerprint density at radius 1 is 1.30 bits per heavy atom. The van der Waals surface area contributed by atoms with Gasteiger partial charge in [0.2, 0.25) is 5.91 Å². The summed E-state index contributed by atoms with van der Waals surface area (Å²) in [5, 5.41) is 9.34. The van der Waals surface area contributed by atoms with E-state index in [-0.39, 0.29) is 17.9 Å². The van der Waals surface area contributed by atoms with Crippen molar-refractivity contribution in [3.63, 3.8) is 0 Å². The molecule has 4 nitrogen and oxygen atoms in total. The number of piperidine rings is 1. The first-order chi connectivity index (χ1) is 9.50. The van der Waals surface area contributed by atoms with Crippen LogP contribution in [0.5, 0.6) is 0 Å². The minimum absolute atomic E-state index is 0.0546. The summed E-state index contributed by atoms with van der Waals surface area (Å²) >= 11 is 0. The molecular weight excluding hydrogens is 254 g/mol. The number of hydrogen-bond donors (Lipinski definition) is 1. The minimum Gasteiger partial charge on any atom is -0.481 e. The lowest BCUT2D eigenvalue weighted by Gasteiger charge is -2.41. The molecule has 3 unspecified atom stereocenters. The zero-order chi connectivity index (χ0) is 14.7. The van der Waals surface area contributed by atoms with Crippen molar-refractivity contribution in [2.24, 2.45) is 17.8 Å². The van der Waals surface area contributed by atoms with Gasteiger partial charge in [0.15, 0.2) is 0 Å². The molecule has 1 saturated carbocycles. The highest BCUT2D eigenvalue weighted by atomic mass is 16.4. The van der Waals surface area contributed by atoms with Gasteiger partial charge in [0.25, 0.3) is 0 Å². The normalized spacial score (nSPS) is 31.8. The lowest BCUT2D eigenvalue weighted by molar-refractivity contribution is -0.154. The summed E-state index contributed by atoms with van der Waals surface area (Å²) in [5.74, 6) is -0.271. The number of carbonyl (C=O) groups is 2. The van der Waals surface area contributed by atoms with Gasteiger partial charge in [-0.3, -0.25) is 9.59 Å². The average molecular weight is 281 g/mol. The molecule has 1 heterocycles. The van der Waals surface area contributed by atoms with E-state index >= 15 is 0 Å². The number of likely N-dealkylation sites (tertiary alicyclic amines) is 1.